The normalized spacial score (nSPS) is 19.6. The summed E-state index contributed by atoms with van der Waals surface area (Å²) in [6, 6.07) is 6.78. The molecule has 0 unspecified atom stereocenters. The summed E-state index contributed by atoms with van der Waals surface area (Å²) in [5, 5.41) is 11.9. The lowest BCUT2D eigenvalue weighted by Crippen LogP contribution is -2.59. The third-order valence-corrected chi connectivity index (χ3v) is 4.46. The Bertz CT molecular complexity index is 637. The molecule has 2 N–H and O–H groups in total. The lowest BCUT2D eigenvalue weighted by Gasteiger charge is -2.38. The highest BCUT2D eigenvalue weighted by atomic mass is 16.4. The lowest BCUT2D eigenvalue weighted by molar-refractivity contribution is -0.148. The van der Waals surface area contributed by atoms with E-state index in [1.165, 1.54) is 0 Å². The molecule has 1 aromatic carbocycles. The van der Waals surface area contributed by atoms with Crippen LogP contribution < -0.4 is 10.2 Å². The summed E-state index contributed by atoms with van der Waals surface area (Å²) in [4.78, 5) is 37.1. The summed E-state index contributed by atoms with van der Waals surface area (Å²) in [5.74, 6) is -1.34. The fourth-order valence-corrected chi connectivity index (χ4v) is 2.95. The minimum absolute atomic E-state index is 0.0542. The van der Waals surface area contributed by atoms with Gasteiger partial charge in [0.05, 0.1) is 0 Å². The Morgan fingerprint density at radius 2 is 2.00 bits per heavy atom. The van der Waals surface area contributed by atoms with Crippen molar-refractivity contribution in [2.45, 2.75) is 37.6 Å². The molecule has 0 bridgehead atoms. The quantitative estimate of drug-likeness (QED) is 0.883. The van der Waals surface area contributed by atoms with Crippen molar-refractivity contribution in [2.75, 3.05) is 11.4 Å². The Kier molecular flexibility index (Phi) is 3.60. The van der Waals surface area contributed by atoms with Gasteiger partial charge in [0.2, 0.25) is 5.91 Å². The predicted octanol–water partition coefficient (Wildman–Crippen LogP) is 1.55. The molecule has 116 valence electrons. The van der Waals surface area contributed by atoms with Gasteiger partial charge < -0.3 is 15.3 Å². The van der Waals surface area contributed by atoms with E-state index in [0.29, 0.717) is 37.1 Å². The second-order valence-electron chi connectivity index (χ2n) is 5.89. The molecular formula is C16H18N2O4. The molecule has 1 heterocycles. The number of carboxylic acids is 1. The zero-order valence-corrected chi connectivity index (χ0v) is 12.2. The summed E-state index contributed by atoms with van der Waals surface area (Å²) in [7, 11) is 0. The van der Waals surface area contributed by atoms with Crippen molar-refractivity contribution in [3.8, 4) is 0 Å². The van der Waals surface area contributed by atoms with Crippen LogP contribution in [-0.2, 0) is 9.59 Å². The number of rotatable bonds is 4. The molecule has 3 rings (SSSR count). The zero-order valence-electron chi connectivity index (χ0n) is 12.2. The molecule has 2 fully saturated rings. The highest BCUT2D eigenvalue weighted by Crippen LogP contribution is 2.32. The Labute approximate surface area is 128 Å². The van der Waals surface area contributed by atoms with E-state index in [2.05, 4.69) is 5.32 Å². The first-order valence-electron chi connectivity index (χ1n) is 7.48. The van der Waals surface area contributed by atoms with Crippen LogP contribution in [0.15, 0.2) is 24.3 Å². The summed E-state index contributed by atoms with van der Waals surface area (Å²) in [6.45, 7) is 0.656. The number of hydrogen-bond acceptors (Lipinski definition) is 3. The van der Waals surface area contributed by atoms with Gasteiger partial charge in [0.1, 0.15) is 5.54 Å². The highest BCUT2D eigenvalue weighted by Gasteiger charge is 2.45. The Hall–Kier alpha value is -2.37. The molecule has 6 heteroatoms. The Balaban J connectivity index is 1.78. The molecule has 2 amide bonds. The van der Waals surface area contributed by atoms with E-state index in [4.69, 9.17) is 0 Å². The van der Waals surface area contributed by atoms with Crippen molar-refractivity contribution in [1.82, 2.24) is 5.32 Å². The SMILES string of the molecule is O=C(NC1(C(=O)O)CCC1)c1cccc(N2CCCC2=O)c1. The van der Waals surface area contributed by atoms with Crippen LogP contribution in [0, 0.1) is 0 Å². The van der Waals surface area contributed by atoms with Crippen molar-refractivity contribution in [1.29, 1.82) is 0 Å². The summed E-state index contributed by atoms with van der Waals surface area (Å²) in [5.41, 5.74) is -0.0610. The molecule has 1 aliphatic heterocycles. The van der Waals surface area contributed by atoms with Gasteiger partial charge in [-0.25, -0.2) is 4.79 Å². The van der Waals surface area contributed by atoms with Crippen molar-refractivity contribution >= 4 is 23.5 Å². The molecule has 1 aliphatic carbocycles. The Morgan fingerprint density at radius 3 is 2.55 bits per heavy atom. The van der Waals surface area contributed by atoms with Gasteiger partial charge in [0.25, 0.3) is 5.91 Å². The van der Waals surface area contributed by atoms with Crippen LogP contribution in [0.4, 0.5) is 5.69 Å². The fourth-order valence-electron chi connectivity index (χ4n) is 2.95. The van der Waals surface area contributed by atoms with Crippen LogP contribution in [0.1, 0.15) is 42.5 Å². The first-order chi connectivity index (χ1) is 10.5. The van der Waals surface area contributed by atoms with Gasteiger partial charge in [-0.2, -0.15) is 0 Å². The van der Waals surface area contributed by atoms with Crippen LogP contribution >= 0.6 is 0 Å². The number of anilines is 1. The van der Waals surface area contributed by atoms with Crippen LogP contribution in [-0.4, -0.2) is 35.0 Å². The molecule has 0 spiro atoms. The topological polar surface area (TPSA) is 86.7 Å². The van der Waals surface area contributed by atoms with Crippen LogP contribution in [0.5, 0.6) is 0 Å². The summed E-state index contributed by atoms with van der Waals surface area (Å²) in [6.07, 6.45) is 3.06. The average molecular weight is 302 g/mol. The fraction of sp³-hybridized carbons (Fsp3) is 0.438. The maximum atomic E-state index is 12.3. The van der Waals surface area contributed by atoms with E-state index in [9.17, 15) is 19.5 Å². The lowest BCUT2D eigenvalue weighted by atomic mass is 9.76. The number of nitrogens with zero attached hydrogens (tertiary/aromatic N) is 1. The minimum atomic E-state index is -1.13. The monoisotopic (exact) mass is 302 g/mol. The van der Waals surface area contributed by atoms with E-state index in [1.54, 1.807) is 29.2 Å². The maximum Gasteiger partial charge on any atom is 0.329 e. The molecule has 1 saturated carbocycles. The molecule has 2 aliphatic rings. The van der Waals surface area contributed by atoms with E-state index in [0.717, 1.165) is 12.8 Å². The Morgan fingerprint density at radius 1 is 1.23 bits per heavy atom. The third kappa shape index (κ3) is 2.45. The van der Waals surface area contributed by atoms with Gasteiger partial charge in [-0.05, 0) is 43.9 Å². The van der Waals surface area contributed by atoms with Gasteiger partial charge in [0.15, 0.2) is 0 Å². The first kappa shape index (κ1) is 14.6. The third-order valence-electron chi connectivity index (χ3n) is 4.46. The van der Waals surface area contributed by atoms with Crippen LogP contribution in [0.3, 0.4) is 0 Å². The zero-order chi connectivity index (χ0) is 15.7. The van der Waals surface area contributed by atoms with Gasteiger partial charge in [-0.15, -0.1) is 0 Å². The number of amides is 2. The van der Waals surface area contributed by atoms with Crippen molar-refractivity contribution in [3.63, 3.8) is 0 Å². The number of hydrogen-bond donors (Lipinski definition) is 2. The van der Waals surface area contributed by atoms with E-state index < -0.39 is 17.4 Å². The van der Waals surface area contributed by atoms with E-state index >= 15 is 0 Å². The second kappa shape index (κ2) is 5.44. The van der Waals surface area contributed by atoms with Crippen molar-refractivity contribution in [3.05, 3.63) is 29.8 Å². The standard InChI is InChI=1S/C16H18N2O4/c19-13-6-2-9-18(13)12-5-1-4-11(10-12)14(20)17-16(15(21)22)7-3-8-16/h1,4-5,10H,2-3,6-9H2,(H,17,20)(H,21,22). The highest BCUT2D eigenvalue weighted by molar-refractivity contribution is 6.01. The molecule has 0 atom stereocenters. The largest absolute Gasteiger partial charge is 0.480 e. The first-order valence-corrected chi connectivity index (χ1v) is 7.48. The molecule has 1 aromatic rings. The van der Waals surface area contributed by atoms with Gasteiger partial charge in [-0.1, -0.05) is 6.07 Å². The number of carboxylic acid groups (broad SMARTS) is 1. The van der Waals surface area contributed by atoms with Gasteiger partial charge in [0, 0.05) is 24.2 Å². The smallest absolute Gasteiger partial charge is 0.329 e. The maximum absolute atomic E-state index is 12.3. The summed E-state index contributed by atoms with van der Waals surface area (Å²) >= 11 is 0. The van der Waals surface area contributed by atoms with Crippen molar-refractivity contribution < 1.29 is 19.5 Å². The molecular weight excluding hydrogens is 284 g/mol. The molecule has 22 heavy (non-hydrogen) atoms. The van der Waals surface area contributed by atoms with E-state index in [-0.39, 0.29) is 5.91 Å². The number of carbonyl (C=O) groups excluding carboxylic acids is 2. The van der Waals surface area contributed by atoms with Crippen LogP contribution in [0.25, 0.3) is 0 Å². The van der Waals surface area contributed by atoms with Crippen LogP contribution in [0.2, 0.25) is 0 Å². The number of carbonyl (C=O) groups is 3. The predicted molar refractivity (Wildman–Crippen MR) is 79.7 cm³/mol. The molecule has 0 aromatic heterocycles. The second-order valence-corrected chi connectivity index (χ2v) is 5.89. The molecule has 6 nitrogen and oxygen atoms in total. The van der Waals surface area contributed by atoms with Gasteiger partial charge >= 0.3 is 5.97 Å². The number of aliphatic carboxylic acids is 1. The van der Waals surface area contributed by atoms with Crippen molar-refractivity contribution in [2.24, 2.45) is 0 Å². The molecule has 0 radical (unpaired) electrons. The average Bonchev–Trinajstić information content (AvgIpc) is 2.88. The van der Waals surface area contributed by atoms with Gasteiger partial charge in [-0.3, -0.25) is 9.59 Å². The molecule has 1 saturated heterocycles. The minimum Gasteiger partial charge on any atom is -0.480 e. The van der Waals surface area contributed by atoms with E-state index in [1.807, 2.05) is 0 Å². The summed E-state index contributed by atoms with van der Waals surface area (Å²) < 4.78 is 0. The number of nitrogens with one attached hydrogen (secondary N) is 1. The number of benzene rings is 1.